The van der Waals surface area contributed by atoms with E-state index in [1.54, 1.807) is 0 Å². The van der Waals surface area contributed by atoms with Crippen LogP contribution in [-0.4, -0.2) is 60.7 Å². The summed E-state index contributed by atoms with van der Waals surface area (Å²) in [7, 11) is 0. The Morgan fingerprint density at radius 2 is 2.14 bits per heavy atom. The summed E-state index contributed by atoms with van der Waals surface area (Å²) in [5.41, 5.74) is 4.92. The van der Waals surface area contributed by atoms with Crippen molar-refractivity contribution in [2.75, 3.05) is 32.8 Å². The molecule has 2 aliphatic rings. The highest BCUT2D eigenvalue weighted by atomic mass is 16.5. The number of amides is 1. The summed E-state index contributed by atoms with van der Waals surface area (Å²) < 4.78 is 5.31. The number of carbonyl (C=O) groups is 1. The number of morpholine rings is 1. The first-order valence-electron chi connectivity index (χ1n) is 7.57. The average molecular weight is 298 g/mol. The molecular formula is C14H26N4O3. The predicted octanol–water partition coefficient (Wildman–Crippen LogP) is -0.0140. The first-order chi connectivity index (χ1) is 9.98. The van der Waals surface area contributed by atoms with Crippen LogP contribution in [0, 0.1) is 11.3 Å². The summed E-state index contributed by atoms with van der Waals surface area (Å²) in [5.74, 6) is 0.318. The van der Waals surface area contributed by atoms with Crippen molar-refractivity contribution in [3.05, 3.63) is 0 Å². The lowest BCUT2D eigenvalue weighted by Gasteiger charge is -2.44. The highest BCUT2D eigenvalue weighted by Crippen LogP contribution is 2.45. The van der Waals surface area contributed by atoms with Gasteiger partial charge < -0.3 is 21.0 Å². The third kappa shape index (κ3) is 3.47. The van der Waals surface area contributed by atoms with Crippen LogP contribution in [0.15, 0.2) is 5.16 Å². The molecule has 0 aromatic rings. The molecule has 1 aliphatic heterocycles. The van der Waals surface area contributed by atoms with Gasteiger partial charge in [0.15, 0.2) is 5.84 Å². The fourth-order valence-corrected chi connectivity index (χ4v) is 3.32. The number of hydrogen-bond acceptors (Lipinski definition) is 5. The quantitative estimate of drug-likeness (QED) is 0.287. The van der Waals surface area contributed by atoms with Crippen molar-refractivity contribution < 1.29 is 14.7 Å². The monoisotopic (exact) mass is 298 g/mol. The largest absolute Gasteiger partial charge is 0.409 e. The first-order valence-corrected chi connectivity index (χ1v) is 7.57. The van der Waals surface area contributed by atoms with Crippen LogP contribution in [0.4, 0.5) is 0 Å². The zero-order valence-corrected chi connectivity index (χ0v) is 12.8. The highest BCUT2D eigenvalue weighted by Gasteiger charge is 2.52. The van der Waals surface area contributed by atoms with Gasteiger partial charge in [-0.2, -0.15) is 0 Å². The van der Waals surface area contributed by atoms with Crippen LogP contribution in [0.1, 0.15) is 26.7 Å². The normalized spacial score (nSPS) is 32.3. The molecule has 1 heterocycles. The van der Waals surface area contributed by atoms with Crippen molar-refractivity contribution in [2.45, 2.75) is 32.7 Å². The molecule has 2 rings (SSSR count). The second-order valence-corrected chi connectivity index (χ2v) is 6.37. The Morgan fingerprint density at radius 1 is 1.52 bits per heavy atom. The fraction of sp³-hybridized carbons (Fsp3) is 0.857. The number of oxime groups is 1. The lowest BCUT2D eigenvalue weighted by molar-refractivity contribution is -0.134. The van der Waals surface area contributed by atoms with E-state index in [4.69, 9.17) is 15.7 Å². The lowest BCUT2D eigenvalue weighted by atomic mass is 9.61. The van der Waals surface area contributed by atoms with Gasteiger partial charge in [0.1, 0.15) is 5.41 Å². The van der Waals surface area contributed by atoms with Crippen molar-refractivity contribution in [1.29, 1.82) is 0 Å². The summed E-state index contributed by atoms with van der Waals surface area (Å²) in [4.78, 5) is 14.8. The maximum Gasteiger partial charge on any atom is 0.234 e. The van der Waals surface area contributed by atoms with E-state index in [9.17, 15) is 4.79 Å². The standard InChI is InChI=1S/C14H26N4O3/c1-10-7-14(8-10,12(15)17-20)13(19)16-11(2)9-18-3-5-21-6-4-18/h10-11,20H,3-9H2,1-2H3,(H2,15,17)(H,16,19). The number of nitrogens with one attached hydrogen (secondary N) is 1. The Labute approximate surface area is 125 Å². The van der Waals surface area contributed by atoms with Gasteiger partial charge in [0, 0.05) is 25.7 Å². The summed E-state index contributed by atoms with van der Waals surface area (Å²) >= 11 is 0. The number of ether oxygens (including phenoxy) is 1. The van der Waals surface area contributed by atoms with E-state index in [0.29, 0.717) is 18.8 Å². The fourth-order valence-electron chi connectivity index (χ4n) is 3.32. The molecular weight excluding hydrogens is 272 g/mol. The summed E-state index contributed by atoms with van der Waals surface area (Å²) in [5, 5.41) is 15.0. The predicted molar refractivity (Wildman–Crippen MR) is 79.1 cm³/mol. The zero-order valence-electron chi connectivity index (χ0n) is 12.8. The molecule has 0 bridgehead atoms. The molecule has 1 atom stereocenters. The van der Waals surface area contributed by atoms with Gasteiger partial charge >= 0.3 is 0 Å². The molecule has 2 fully saturated rings. The van der Waals surface area contributed by atoms with Crippen LogP contribution >= 0.6 is 0 Å². The van der Waals surface area contributed by atoms with E-state index in [-0.39, 0.29) is 17.8 Å². The van der Waals surface area contributed by atoms with Crippen molar-refractivity contribution in [3.8, 4) is 0 Å². The minimum Gasteiger partial charge on any atom is -0.409 e. The smallest absolute Gasteiger partial charge is 0.234 e. The molecule has 120 valence electrons. The van der Waals surface area contributed by atoms with Crippen LogP contribution in [0.25, 0.3) is 0 Å². The Kier molecular flexibility index (Phi) is 5.05. The van der Waals surface area contributed by atoms with Crippen LogP contribution in [-0.2, 0) is 9.53 Å². The van der Waals surface area contributed by atoms with Gasteiger partial charge in [-0.05, 0) is 25.7 Å². The van der Waals surface area contributed by atoms with E-state index in [0.717, 1.165) is 32.8 Å². The minimum absolute atomic E-state index is 0.0230. The second-order valence-electron chi connectivity index (χ2n) is 6.37. The van der Waals surface area contributed by atoms with Gasteiger partial charge in [0.05, 0.1) is 13.2 Å². The number of nitrogens with zero attached hydrogens (tertiary/aromatic N) is 2. The molecule has 4 N–H and O–H groups in total. The summed E-state index contributed by atoms with van der Waals surface area (Å²) in [6.07, 6.45) is 1.28. The van der Waals surface area contributed by atoms with Crippen LogP contribution < -0.4 is 11.1 Å². The average Bonchev–Trinajstić information content (AvgIpc) is 2.43. The van der Waals surface area contributed by atoms with Crippen LogP contribution in [0.5, 0.6) is 0 Å². The van der Waals surface area contributed by atoms with E-state index >= 15 is 0 Å². The van der Waals surface area contributed by atoms with Gasteiger partial charge in [-0.15, -0.1) is 0 Å². The maximum atomic E-state index is 12.5. The third-order valence-electron chi connectivity index (χ3n) is 4.44. The first kappa shape index (κ1) is 16.0. The van der Waals surface area contributed by atoms with E-state index in [1.165, 1.54) is 0 Å². The molecule has 0 spiro atoms. The van der Waals surface area contributed by atoms with Gasteiger partial charge in [-0.3, -0.25) is 9.69 Å². The van der Waals surface area contributed by atoms with Crippen molar-refractivity contribution in [1.82, 2.24) is 10.2 Å². The van der Waals surface area contributed by atoms with Gasteiger partial charge in [-0.25, -0.2) is 0 Å². The number of hydrogen-bond donors (Lipinski definition) is 3. The Bertz CT molecular complexity index is 401. The molecule has 0 radical (unpaired) electrons. The van der Waals surface area contributed by atoms with Crippen molar-refractivity contribution >= 4 is 11.7 Å². The lowest BCUT2D eigenvalue weighted by Crippen LogP contribution is -2.59. The van der Waals surface area contributed by atoms with Crippen LogP contribution in [0.3, 0.4) is 0 Å². The molecule has 1 amide bonds. The van der Waals surface area contributed by atoms with Crippen molar-refractivity contribution in [3.63, 3.8) is 0 Å². The van der Waals surface area contributed by atoms with E-state index in [1.807, 2.05) is 6.92 Å². The van der Waals surface area contributed by atoms with E-state index < -0.39 is 5.41 Å². The molecule has 0 aromatic heterocycles. The molecule has 7 heteroatoms. The number of rotatable bonds is 5. The Hall–Kier alpha value is -1.34. The number of nitrogens with two attached hydrogens (primary N) is 1. The molecule has 1 aliphatic carbocycles. The molecule has 7 nitrogen and oxygen atoms in total. The van der Waals surface area contributed by atoms with Crippen molar-refractivity contribution in [2.24, 2.45) is 22.2 Å². The van der Waals surface area contributed by atoms with Crippen LogP contribution in [0.2, 0.25) is 0 Å². The SMILES string of the molecule is CC1CC(C(=O)NC(C)CN2CCOCC2)(C(N)=NO)C1. The number of amidine groups is 1. The van der Waals surface area contributed by atoms with E-state index in [2.05, 4.69) is 22.3 Å². The zero-order chi connectivity index (χ0) is 15.5. The maximum absolute atomic E-state index is 12.5. The molecule has 21 heavy (non-hydrogen) atoms. The van der Waals surface area contributed by atoms with Gasteiger partial charge in [-0.1, -0.05) is 12.1 Å². The van der Waals surface area contributed by atoms with Gasteiger partial charge in [0.2, 0.25) is 5.91 Å². The molecule has 0 aromatic carbocycles. The number of carbonyl (C=O) groups excluding carboxylic acids is 1. The highest BCUT2D eigenvalue weighted by molar-refractivity contribution is 6.07. The minimum atomic E-state index is -0.826. The third-order valence-corrected chi connectivity index (χ3v) is 4.44. The summed E-state index contributed by atoms with van der Waals surface area (Å²) in [6, 6.07) is 0.0230. The topological polar surface area (TPSA) is 100 Å². The Balaban J connectivity index is 1.89. The molecule has 1 saturated heterocycles. The Morgan fingerprint density at radius 3 is 2.67 bits per heavy atom. The van der Waals surface area contributed by atoms with Gasteiger partial charge in [0.25, 0.3) is 0 Å². The molecule has 1 saturated carbocycles. The molecule has 1 unspecified atom stereocenters. The summed E-state index contributed by atoms with van der Waals surface area (Å²) in [6.45, 7) is 8.10. The second kappa shape index (κ2) is 6.62.